The number of hydrogen-bond donors (Lipinski definition) is 0. The zero-order valence-electron chi connectivity index (χ0n) is 9.13. The fourth-order valence-electron chi connectivity index (χ4n) is 2.24. The Hall–Kier alpha value is -0.550. The van der Waals surface area contributed by atoms with Crippen LogP contribution in [0.2, 0.25) is 0 Å². The van der Waals surface area contributed by atoms with E-state index in [9.17, 15) is 0 Å². The van der Waals surface area contributed by atoms with E-state index in [0.29, 0.717) is 0 Å². The third-order valence-electron chi connectivity index (χ3n) is 3.81. The largest absolute Gasteiger partial charge is 0.305 e. The maximum atomic E-state index is 8.96. The van der Waals surface area contributed by atoms with E-state index in [-0.39, 0.29) is 5.41 Å². The molecule has 0 aromatic heterocycles. The van der Waals surface area contributed by atoms with Crippen LogP contribution in [-0.4, -0.2) is 25.0 Å². The van der Waals surface area contributed by atoms with Gasteiger partial charge < -0.3 is 4.90 Å². The molecule has 2 fully saturated rings. The van der Waals surface area contributed by atoms with Gasteiger partial charge in [-0.05, 0) is 38.8 Å². The summed E-state index contributed by atoms with van der Waals surface area (Å²) in [4.78, 5) is 2.36. The molecule has 14 heavy (non-hydrogen) atoms. The number of rotatable bonds is 5. The molecule has 2 rings (SSSR count). The van der Waals surface area contributed by atoms with Crippen LogP contribution >= 0.6 is 0 Å². The molecular formula is C12H20N2. The molecule has 2 aliphatic rings. The number of hydrogen-bond acceptors (Lipinski definition) is 2. The maximum Gasteiger partial charge on any atom is 0.0703 e. The van der Waals surface area contributed by atoms with Gasteiger partial charge in [0.15, 0.2) is 0 Å². The Balaban J connectivity index is 1.63. The Bertz CT molecular complexity index is 233. The molecule has 0 saturated heterocycles. The Labute approximate surface area is 86.9 Å². The molecule has 0 aromatic rings. The van der Waals surface area contributed by atoms with Crippen molar-refractivity contribution in [1.29, 1.82) is 5.26 Å². The zero-order valence-corrected chi connectivity index (χ0v) is 9.13. The van der Waals surface area contributed by atoms with Crippen LogP contribution in [0, 0.1) is 22.7 Å². The molecule has 0 amide bonds. The molecule has 0 radical (unpaired) electrons. The average Bonchev–Trinajstić information content (AvgIpc) is 2.83. The number of nitrogens with zero attached hydrogens (tertiary/aromatic N) is 2. The summed E-state index contributed by atoms with van der Waals surface area (Å²) in [5, 5.41) is 8.96. The summed E-state index contributed by atoms with van der Waals surface area (Å²) in [7, 11) is 2.16. The molecule has 0 aromatic carbocycles. The van der Waals surface area contributed by atoms with Crippen LogP contribution in [0.25, 0.3) is 0 Å². The molecule has 0 bridgehead atoms. The first-order valence-electron chi connectivity index (χ1n) is 5.84. The van der Waals surface area contributed by atoms with Gasteiger partial charge in [0.1, 0.15) is 0 Å². The smallest absolute Gasteiger partial charge is 0.0703 e. The van der Waals surface area contributed by atoms with Gasteiger partial charge in [-0.3, -0.25) is 0 Å². The van der Waals surface area contributed by atoms with Crippen LogP contribution in [0.4, 0.5) is 0 Å². The predicted molar refractivity (Wildman–Crippen MR) is 56.7 cm³/mol. The van der Waals surface area contributed by atoms with E-state index in [1.54, 1.807) is 0 Å². The second kappa shape index (κ2) is 3.90. The van der Waals surface area contributed by atoms with Crippen LogP contribution in [0.5, 0.6) is 0 Å². The summed E-state index contributed by atoms with van der Waals surface area (Å²) in [5.74, 6) is 0.995. The van der Waals surface area contributed by atoms with Crippen molar-refractivity contribution < 1.29 is 0 Å². The van der Waals surface area contributed by atoms with Crippen molar-refractivity contribution in [3.05, 3.63) is 0 Å². The lowest BCUT2D eigenvalue weighted by Gasteiger charge is -2.28. The van der Waals surface area contributed by atoms with Crippen molar-refractivity contribution in [2.75, 3.05) is 20.1 Å². The zero-order chi connectivity index (χ0) is 10.0. The molecule has 2 nitrogen and oxygen atoms in total. The lowest BCUT2D eigenvalue weighted by molar-refractivity contribution is 0.225. The van der Waals surface area contributed by atoms with E-state index in [2.05, 4.69) is 18.0 Å². The summed E-state index contributed by atoms with van der Waals surface area (Å²) in [6.45, 7) is 2.18. The van der Waals surface area contributed by atoms with Crippen LogP contribution in [-0.2, 0) is 0 Å². The van der Waals surface area contributed by atoms with E-state index in [4.69, 9.17) is 5.26 Å². The second-order valence-electron chi connectivity index (χ2n) is 5.22. The van der Waals surface area contributed by atoms with Gasteiger partial charge in [-0.2, -0.15) is 5.26 Å². The van der Waals surface area contributed by atoms with Gasteiger partial charge in [-0.25, -0.2) is 0 Å². The summed E-state index contributed by atoms with van der Waals surface area (Å²) in [6, 6.07) is 2.46. The van der Waals surface area contributed by atoms with Crippen molar-refractivity contribution in [2.45, 2.75) is 38.5 Å². The average molecular weight is 192 g/mol. The fourth-order valence-corrected chi connectivity index (χ4v) is 2.24. The first-order valence-corrected chi connectivity index (χ1v) is 5.84. The Kier molecular flexibility index (Phi) is 2.78. The van der Waals surface area contributed by atoms with Gasteiger partial charge in [0.05, 0.1) is 11.5 Å². The van der Waals surface area contributed by atoms with E-state index in [1.807, 2.05) is 0 Å². The minimum absolute atomic E-state index is 0.0500. The van der Waals surface area contributed by atoms with E-state index in [0.717, 1.165) is 25.3 Å². The first kappa shape index (κ1) is 9.98. The molecule has 0 atom stereocenters. The molecule has 0 heterocycles. The second-order valence-corrected chi connectivity index (χ2v) is 5.22. The van der Waals surface area contributed by atoms with Crippen molar-refractivity contribution >= 4 is 0 Å². The minimum Gasteiger partial charge on any atom is -0.305 e. The molecule has 2 heteroatoms. The summed E-state index contributed by atoms with van der Waals surface area (Å²) >= 11 is 0. The molecule has 2 saturated carbocycles. The Morgan fingerprint density at radius 2 is 2.14 bits per heavy atom. The van der Waals surface area contributed by atoms with E-state index in [1.165, 1.54) is 32.2 Å². The van der Waals surface area contributed by atoms with Gasteiger partial charge in [0.2, 0.25) is 0 Å². The van der Waals surface area contributed by atoms with Gasteiger partial charge in [0.25, 0.3) is 0 Å². The van der Waals surface area contributed by atoms with Crippen molar-refractivity contribution in [3.63, 3.8) is 0 Å². The molecule has 0 unspecified atom stereocenters. The summed E-state index contributed by atoms with van der Waals surface area (Å²) in [6.07, 6.45) is 7.91. The SMILES string of the molecule is CN(CCC1CCC1)CC1(C#N)CC1. The fraction of sp³-hybridized carbons (Fsp3) is 0.917. The standard InChI is InChI=1S/C12H20N2/c1-14(8-5-11-3-2-4-11)10-12(9-13)6-7-12/h11H,2-8,10H2,1H3. The third-order valence-corrected chi connectivity index (χ3v) is 3.81. The lowest BCUT2D eigenvalue weighted by atomic mass is 9.83. The molecule has 2 aliphatic carbocycles. The molecule has 78 valence electrons. The van der Waals surface area contributed by atoms with Gasteiger partial charge in [-0.1, -0.05) is 19.3 Å². The van der Waals surface area contributed by atoms with Crippen molar-refractivity contribution in [2.24, 2.45) is 11.3 Å². The predicted octanol–water partition coefficient (Wildman–Crippen LogP) is 2.41. The molecule has 0 aliphatic heterocycles. The van der Waals surface area contributed by atoms with Gasteiger partial charge in [-0.15, -0.1) is 0 Å². The Morgan fingerprint density at radius 1 is 1.43 bits per heavy atom. The summed E-state index contributed by atoms with van der Waals surface area (Å²) in [5.41, 5.74) is 0.0500. The lowest BCUT2D eigenvalue weighted by Crippen LogP contribution is -2.29. The highest BCUT2D eigenvalue weighted by Crippen LogP contribution is 2.45. The Morgan fingerprint density at radius 3 is 2.57 bits per heavy atom. The van der Waals surface area contributed by atoms with Gasteiger partial charge >= 0.3 is 0 Å². The van der Waals surface area contributed by atoms with E-state index >= 15 is 0 Å². The minimum atomic E-state index is 0.0500. The third kappa shape index (κ3) is 2.27. The van der Waals surface area contributed by atoms with Crippen LogP contribution < -0.4 is 0 Å². The maximum absolute atomic E-state index is 8.96. The van der Waals surface area contributed by atoms with E-state index < -0.39 is 0 Å². The van der Waals surface area contributed by atoms with Crippen molar-refractivity contribution in [3.8, 4) is 6.07 Å². The summed E-state index contributed by atoms with van der Waals surface area (Å²) < 4.78 is 0. The molecule has 0 N–H and O–H groups in total. The van der Waals surface area contributed by atoms with Crippen LogP contribution in [0.1, 0.15) is 38.5 Å². The quantitative estimate of drug-likeness (QED) is 0.669. The molecule has 0 spiro atoms. The highest BCUT2D eigenvalue weighted by molar-refractivity contribution is 5.11. The topological polar surface area (TPSA) is 27.0 Å². The first-order chi connectivity index (χ1) is 6.74. The normalized spacial score (nSPS) is 24.4. The highest BCUT2D eigenvalue weighted by Gasteiger charge is 2.43. The monoisotopic (exact) mass is 192 g/mol. The molecular weight excluding hydrogens is 172 g/mol. The van der Waals surface area contributed by atoms with Gasteiger partial charge in [0, 0.05) is 6.54 Å². The van der Waals surface area contributed by atoms with Crippen molar-refractivity contribution in [1.82, 2.24) is 4.90 Å². The highest BCUT2D eigenvalue weighted by atomic mass is 15.1. The van der Waals surface area contributed by atoms with Crippen LogP contribution in [0.3, 0.4) is 0 Å². The van der Waals surface area contributed by atoms with Crippen LogP contribution in [0.15, 0.2) is 0 Å². The number of nitriles is 1.